The number of fused-ring (bicyclic) bond motifs is 1. The average Bonchev–Trinajstić information content (AvgIpc) is 2.87. The van der Waals surface area contributed by atoms with E-state index in [1.54, 1.807) is 0 Å². The quantitative estimate of drug-likeness (QED) is 0.655. The lowest BCUT2D eigenvalue weighted by molar-refractivity contribution is -0.170. The lowest BCUT2D eigenvalue weighted by Gasteiger charge is -2.56. The van der Waals surface area contributed by atoms with E-state index in [2.05, 4.69) is 67.2 Å². The van der Waals surface area contributed by atoms with Crippen LogP contribution in [0.25, 0.3) is 0 Å². The summed E-state index contributed by atoms with van der Waals surface area (Å²) in [5.41, 5.74) is 0.637. The molecule has 0 amide bonds. The van der Waals surface area contributed by atoms with Gasteiger partial charge in [0.1, 0.15) is 0 Å². The van der Waals surface area contributed by atoms with Crippen LogP contribution in [0.3, 0.4) is 0 Å². The Morgan fingerprint density at radius 3 is 1.74 bits per heavy atom. The lowest BCUT2D eigenvalue weighted by atomic mass is 9.71. The molecule has 4 atom stereocenters. The molecule has 0 aromatic heterocycles. The Labute approximate surface area is 119 Å². The van der Waals surface area contributed by atoms with Crippen LogP contribution in [0.2, 0.25) is 0 Å². The van der Waals surface area contributed by atoms with Gasteiger partial charge in [0, 0.05) is 17.6 Å². The largest absolute Gasteiger partial charge is 0.371 e. The van der Waals surface area contributed by atoms with Gasteiger partial charge in [0.15, 0.2) is 0 Å². The minimum atomic E-state index is 0.189. The SMILES string of the molecule is CC(C)(C)C1OC2CC2N(C(C)(C)C)C1C(C)(C)C. The van der Waals surface area contributed by atoms with Crippen molar-refractivity contribution in [1.29, 1.82) is 0 Å². The molecule has 0 radical (unpaired) electrons. The number of nitrogens with zero attached hydrogens (tertiary/aromatic N) is 1. The Kier molecular flexibility index (Phi) is 3.39. The Hall–Kier alpha value is -0.0800. The van der Waals surface area contributed by atoms with Crippen molar-refractivity contribution in [3.05, 3.63) is 0 Å². The van der Waals surface area contributed by atoms with E-state index in [1.165, 1.54) is 6.42 Å². The molecule has 0 spiro atoms. The van der Waals surface area contributed by atoms with E-state index in [0.717, 1.165) is 0 Å². The van der Waals surface area contributed by atoms with Crippen LogP contribution in [0.4, 0.5) is 0 Å². The molecule has 1 heterocycles. The Bertz CT molecular complexity index is 342. The van der Waals surface area contributed by atoms with Crippen LogP contribution in [0.15, 0.2) is 0 Å². The van der Waals surface area contributed by atoms with Crippen molar-refractivity contribution in [1.82, 2.24) is 4.90 Å². The van der Waals surface area contributed by atoms with E-state index < -0.39 is 0 Å². The van der Waals surface area contributed by atoms with Crippen LogP contribution in [0.5, 0.6) is 0 Å². The third kappa shape index (κ3) is 2.85. The normalized spacial score (nSPS) is 37.1. The topological polar surface area (TPSA) is 12.5 Å². The maximum Gasteiger partial charge on any atom is 0.0788 e. The zero-order valence-electron chi connectivity index (χ0n) is 14.4. The van der Waals surface area contributed by atoms with E-state index in [0.29, 0.717) is 24.3 Å². The van der Waals surface area contributed by atoms with Crippen LogP contribution >= 0.6 is 0 Å². The average molecular weight is 267 g/mol. The molecule has 1 saturated carbocycles. The van der Waals surface area contributed by atoms with Gasteiger partial charge in [-0.25, -0.2) is 0 Å². The number of ether oxygens (including phenoxy) is 1. The molecular weight excluding hydrogens is 234 g/mol. The molecule has 2 nitrogen and oxygen atoms in total. The van der Waals surface area contributed by atoms with E-state index in [-0.39, 0.29) is 16.4 Å². The highest BCUT2D eigenvalue weighted by atomic mass is 16.5. The van der Waals surface area contributed by atoms with E-state index >= 15 is 0 Å². The van der Waals surface area contributed by atoms with E-state index in [1.807, 2.05) is 0 Å². The van der Waals surface area contributed by atoms with Gasteiger partial charge in [-0.3, -0.25) is 4.90 Å². The van der Waals surface area contributed by atoms with Gasteiger partial charge in [-0.1, -0.05) is 41.5 Å². The fraction of sp³-hybridized carbons (Fsp3) is 1.00. The first-order valence-electron chi connectivity index (χ1n) is 7.77. The van der Waals surface area contributed by atoms with Crippen molar-refractivity contribution in [3.63, 3.8) is 0 Å². The second kappa shape index (κ2) is 4.21. The van der Waals surface area contributed by atoms with Gasteiger partial charge in [0.2, 0.25) is 0 Å². The number of rotatable bonds is 0. The number of hydrogen-bond acceptors (Lipinski definition) is 2. The van der Waals surface area contributed by atoms with Crippen LogP contribution in [0, 0.1) is 10.8 Å². The molecule has 1 saturated heterocycles. The molecule has 1 aliphatic heterocycles. The van der Waals surface area contributed by atoms with Gasteiger partial charge in [-0.15, -0.1) is 0 Å². The monoisotopic (exact) mass is 267 g/mol. The smallest absolute Gasteiger partial charge is 0.0788 e. The fourth-order valence-corrected chi connectivity index (χ4v) is 3.68. The minimum Gasteiger partial charge on any atom is -0.371 e. The summed E-state index contributed by atoms with van der Waals surface area (Å²) >= 11 is 0. The maximum absolute atomic E-state index is 6.45. The summed E-state index contributed by atoms with van der Waals surface area (Å²) < 4.78 is 6.45. The molecule has 2 rings (SSSR count). The Morgan fingerprint density at radius 1 is 0.842 bits per heavy atom. The van der Waals surface area contributed by atoms with Crippen LogP contribution < -0.4 is 0 Å². The van der Waals surface area contributed by atoms with Crippen LogP contribution in [-0.4, -0.2) is 34.7 Å². The molecule has 0 aromatic rings. The van der Waals surface area contributed by atoms with Gasteiger partial charge in [-0.2, -0.15) is 0 Å². The molecule has 2 fully saturated rings. The summed E-state index contributed by atoms with van der Waals surface area (Å²) in [4.78, 5) is 2.76. The van der Waals surface area contributed by atoms with Gasteiger partial charge >= 0.3 is 0 Å². The molecule has 0 aromatic carbocycles. The number of hydrogen-bond donors (Lipinski definition) is 0. The summed E-state index contributed by atoms with van der Waals surface area (Å²) in [6, 6.07) is 1.12. The highest BCUT2D eigenvalue weighted by molar-refractivity contribution is 5.12. The van der Waals surface area contributed by atoms with Crippen molar-refractivity contribution in [2.24, 2.45) is 10.8 Å². The maximum atomic E-state index is 6.45. The van der Waals surface area contributed by atoms with Crippen LogP contribution in [-0.2, 0) is 4.74 Å². The molecule has 2 aliphatic rings. The molecule has 19 heavy (non-hydrogen) atoms. The summed E-state index contributed by atoms with van der Waals surface area (Å²) in [7, 11) is 0. The van der Waals surface area contributed by atoms with E-state index in [9.17, 15) is 0 Å². The summed E-state index contributed by atoms with van der Waals surface area (Å²) in [5, 5.41) is 0. The predicted octanol–water partition coefficient (Wildman–Crippen LogP) is 4.09. The molecule has 2 heteroatoms. The van der Waals surface area contributed by atoms with Gasteiger partial charge in [0.05, 0.1) is 12.2 Å². The first kappa shape index (κ1) is 15.3. The Balaban J connectivity index is 2.41. The second-order valence-electron chi connectivity index (χ2n) is 9.65. The molecular formula is C17H33NO. The van der Waals surface area contributed by atoms with Crippen molar-refractivity contribution in [3.8, 4) is 0 Å². The summed E-state index contributed by atoms with van der Waals surface area (Å²) in [6.07, 6.45) is 2.01. The lowest BCUT2D eigenvalue weighted by Crippen LogP contribution is -2.65. The van der Waals surface area contributed by atoms with Gasteiger partial charge in [-0.05, 0) is 38.0 Å². The third-order valence-electron chi connectivity index (χ3n) is 4.48. The Morgan fingerprint density at radius 2 is 1.37 bits per heavy atom. The highest BCUT2D eigenvalue weighted by Crippen LogP contribution is 2.51. The van der Waals surface area contributed by atoms with Crippen molar-refractivity contribution in [2.45, 2.75) is 98.6 Å². The van der Waals surface area contributed by atoms with Crippen molar-refractivity contribution < 1.29 is 4.74 Å². The standard InChI is InChI=1S/C17H33NO/c1-15(2,3)13-14(16(4,5)6)19-12-10-11(12)18(13)17(7,8)9/h11-14H,10H2,1-9H3. The van der Waals surface area contributed by atoms with Gasteiger partial charge < -0.3 is 4.74 Å². The van der Waals surface area contributed by atoms with Gasteiger partial charge in [0.25, 0.3) is 0 Å². The number of morpholine rings is 1. The molecule has 0 N–H and O–H groups in total. The first-order valence-corrected chi connectivity index (χ1v) is 7.77. The molecule has 4 unspecified atom stereocenters. The zero-order chi connectivity index (χ0) is 14.8. The summed E-state index contributed by atoms with van der Waals surface area (Å²) in [6.45, 7) is 21.1. The zero-order valence-corrected chi connectivity index (χ0v) is 14.4. The van der Waals surface area contributed by atoms with E-state index in [4.69, 9.17) is 4.74 Å². The van der Waals surface area contributed by atoms with Crippen LogP contribution in [0.1, 0.15) is 68.7 Å². The molecule has 112 valence electrons. The van der Waals surface area contributed by atoms with Crippen molar-refractivity contribution in [2.75, 3.05) is 0 Å². The molecule has 0 bridgehead atoms. The third-order valence-corrected chi connectivity index (χ3v) is 4.48. The molecule has 1 aliphatic carbocycles. The van der Waals surface area contributed by atoms with Crippen molar-refractivity contribution >= 4 is 0 Å². The first-order chi connectivity index (χ1) is 8.33. The highest BCUT2D eigenvalue weighted by Gasteiger charge is 2.60. The predicted molar refractivity (Wildman–Crippen MR) is 81.4 cm³/mol. The fourth-order valence-electron chi connectivity index (χ4n) is 3.68. The minimum absolute atomic E-state index is 0.189. The second-order valence-corrected chi connectivity index (χ2v) is 9.65. The summed E-state index contributed by atoms with van der Waals surface area (Å²) in [5.74, 6) is 0.